The van der Waals surface area contributed by atoms with Crippen molar-refractivity contribution in [3.63, 3.8) is 0 Å². The molecule has 22 heteroatoms. The molecule has 0 aliphatic heterocycles. The molecule has 0 N–H and O–H groups in total. The van der Waals surface area contributed by atoms with E-state index in [0.717, 1.165) is 71.1 Å². The maximum atomic E-state index is 13.5. The Balaban J connectivity index is 3.55. The standard InChI is InChI=1S/C32H30O20S2/c1-43-23(33)11-13(25(35)45-3)17(29(39)49-7)21(18(30(40)50-8)14(11)26(36)46-4)53-54-22-19(31(41)51-9)15(27(37)47-5)12(24(34)44-2)16(28(38)48-6)20(22)32(42)52-10/h1-10H3. The van der Waals surface area contributed by atoms with Gasteiger partial charge in [-0.2, -0.15) is 0 Å². The Hall–Kier alpha value is -6.16. The summed E-state index contributed by atoms with van der Waals surface area (Å²) in [7, 11) is 8.83. The Morgan fingerprint density at radius 2 is 0.352 bits per heavy atom. The quantitative estimate of drug-likeness (QED) is 0.160. The molecule has 54 heavy (non-hydrogen) atoms. The molecule has 0 amide bonds. The average Bonchev–Trinajstić information content (AvgIpc) is 3.20. The molecule has 290 valence electrons. The molecule has 2 aromatic rings. The summed E-state index contributed by atoms with van der Waals surface area (Å²) in [5, 5.41) is 0. The predicted octanol–water partition coefficient (Wildman–Crippen LogP) is 2.35. The van der Waals surface area contributed by atoms with Crippen molar-refractivity contribution in [2.45, 2.75) is 9.79 Å². The van der Waals surface area contributed by atoms with Crippen molar-refractivity contribution in [1.82, 2.24) is 0 Å². The molecule has 0 saturated carbocycles. The molecule has 0 aromatic heterocycles. The molecule has 0 spiro atoms. The van der Waals surface area contributed by atoms with Crippen LogP contribution in [0.1, 0.15) is 104 Å². The summed E-state index contributed by atoms with van der Waals surface area (Å²) in [6.07, 6.45) is 0. The molecule has 0 saturated heterocycles. The zero-order chi connectivity index (χ0) is 41.2. The highest BCUT2D eigenvalue weighted by Gasteiger charge is 2.43. The molecule has 0 unspecified atom stereocenters. The molecular weight excluding hydrogens is 768 g/mol. The summed E-state index contributed by atoms with van der Waals surface area (Å²) >= 11 is 0. The van der Waals surface area contributed by atoms with Gasteiger partial charge in [0.25, 0.3) is 0 Å². The van der Waals surface area contributed by atoms with Gasteiger partial charge in [-0.15, -0.1) is 0 Å². The summed E-state index contributed by atoms with van der Waals surface area (Å²) in [6.45, 7) is 0. The van der Waals surface area contributed by atoms with Crippen LogP contribution in [0, 0.1) is 0 Å². The smallest absolute Gasteiger partial charge is 0.339 e. The summed E-state index contributed by atoms with van der Waals surface area (Å²) < 4.78 is 48.1. The van der Waals surface area contributed by atoms with Crippen LogP contribution in [-0.2, 0) is 47.4 Å². The third-order valence-corrected chi connectivity index (χ3v) is 9.49. The number of esters is 10. The molecule has 2 rings (SSSR count). The first kappa shape index (κ1) is 44.0. The molecule has 0 aliphatic rings. The molecule has 0 bridgehead atoms. The van der Waals surface area contributed by atoms with Gasteiger partial charge >= 0.3 is 59.7 Å². The van der Waals surface area contributed by atoms with Gasteiger partial charge in [-0.25, -0.2) is 47.9 Å². The van der Waals surface area contributed by atoms with E-state index in [1.807, 2.05) is 0 Å². The highest BCUT2D eigenvalue weighted by Crippen LogP contribution is 2.49. The van der Waals surface area contributed by atoms with Crippen molar-refractivity contribution in [2.24, 2.45) is 0 Å². The van der Waals surface area contributed by atoms with Gasteiger partial charge < -0.3 is 47.4 Å². The van der Waals surface area contributed by atoms with E-state index in [2.05, 4.69) is 0 Å². The summed E-state index contributed by atoms with van der Waals surface area (Å²) in [5.41, 5.74) is -9.66. The van der Waals surface area contributed by atoms with E-state index in [-0.39, 0.29) is 21.6 Å². The molecule has 0 aliphatic carbocycles. The van der Waals surface area contributed by atoms with Crippen LogP contribution < -0.4 is 0 Å². The van der Waals surface area contributed by atoms with Crippen LogP contribution in [0.4, 0.5) is 0 Å². The lowest BCUT2D eigenvalue weighted by Gasteiger charge is -2.23. The third-order valence-electron chi connectivity index (χ3n) is 7.01. The van der Waals surface area contributed by atoms with Crippen LogP contribution in [0.3, 0.4) is 0 Å². The van der Waals surface area contributed by atoms with Crippen molar-refractivity contribution < 1.29 is 95.3 Å². The lowest BCUT2D eigenvalue weighted by atomic mass is 9.90. The number of methoxy groups -OCH3 is 10. The van der Waals surface area contributed by atoms with Gasteiger partial charge in [0.15, 0.2) is 0 Å². The minimum atomic E-state index is -1.45. The van der Waals surface area contributed by atoms with Crippen LogP contribution in [0.2, 0.25) is 0 Å². The van der Waals surface area contributed by atoms with E-state index >= 15 is 0 Å². The van der Waals surface area contributed by atoms with Crippen molar-refractivity contribution in [2.75, 3.05) is 71.1 Å². The lowest BCUT2D eigenvalue weighted by Crippen LogP contribution is -2.27. The van der Waals surface area contributed by atoms with Gasteiger partial charge in [0, 0.05) is 9.79 Å². The van der Waals surface area contributed by atoms with Gasteiger partial charge in [0.2, 0.25) is 0 Å². The Morgan fingerprint density at radius 1 is 0.241 bits per heavy atom. The van der Waals surface area contributed by atoms with Gasteiger partial charge in [0.05, 0.1) is 127 Å². The number of rotatable bonds is 13. The van der Waals surface area contributed by atoms with E-state index in [1.54, 1.807) is 0 Å². The summed E-state index contributed by atoms with van der Waals surface area (Å²) in [5.74, 6) is -14.4. The number of ether oxygens (including phenoxy) is 10. The van der Waals surface area contributed by atoms with Crippen molar-refractivity contribution >= 4 is 81.3 Å². The minimum Gasteiger partial charge on any atom is -0.465 e. The minimum absolute atomic E-state index is 0.198. The zero-order valence-electron chi connectivity index (χ0n) is 30.0. The molecule has 2 aromatic carbocycles. The molecule has 0 radical (unpaired) electrons. The van der Waals surface area contributed by atoms with E-state index in [9.17, 15) is 47.9 Å². The topological polar surface area (TPSA) is 263 Å². The zero-order valence-corrected chi connectivity index (χ0v) is 31.6. The van der Waals surface area contributed by atoms with E-state index in [0.29, 0.717) is 0 Å². The van der Waals surface area contributed by atoms with E-state index in [1.165, 1.54) is 0 Å². The first-order valence-corrected chi connectivity index (χ1v) is 16.4. The van der Waals surface area contributed by atoms with Gasteiger partial charge in [-0.05, 0) is 0 Å². The fourth-order valence-electron chi connectivity index (χ4n) is 4.73. The number of carbonyl (C=O) groups excluding carboxylic acids is 10. The number of carbonyl (C=O) groups is 10. The molecular formula is C32H30O20S2. The van der Waals surface area contributed by atoms with Crippen LogP contribution in [0.5, 0.6) is 0 Å². The lowest BCUT2D eigenvalue weighted by molar-refractivity contribution is 0.0505. The van der Waals surface area contributed by atoms with Crippen molar-refractivity contribution in [1.29, 1.82) is 0 Å². The number of benzene rings is 2. The average molecular weight is 799 g/mol. The summed E-state index contributed by atoms with van der Waals surface area (Å²) in [6, 6.07) is 0. The van der Waals surface area contributed by atoms with E-state index < -0.39 is 125 Å². The SMILES string of the molecule is COC(=O)c1c(SSc2c(C(=O)OC)c(C(=O)OC)c(C(=O)OC)c(C(=O)OC)c2C(=O)OC)c(C(=O)OC)c(C(=O)OC)c(C(=O)OC)c1C(=O)OC. The Labute approximate surface area is 312 Å². The number of hydrogen-bond donors (Lipinski definition) is 0. The largest absolute Gasteiger partial charge is 0.465 e. The fraction of sp³-hybridized carbons (Fsp3) is 0.312. The van der Waals surface area contributed by atoms with Crippen LogP contribution in [0.25, 0.3) is 0 Å². The third kappa shape index (κ3) is 8.07. The maximum absolute atomic E-state index is 13.5. The maximum Gasteiger partial charge on any atom is 0.339 e. The molecule has 0 atom stereocenters. The van der Waals surface area contributed by atoms with Gasteiger partial charge in [-0.3, -0.25) is 0 Å². The van der Waals surface area contributed by atoms with Crippen molar-refractivity contribution in [3.05, 3.63) is 55.6 Å². The van der Waals surface area contributed by atoms with Crippen LogP contribution in [0.15, 0.2) is 9.79 Å². The Kier molecular flexibility index (Phi) is 15.5. The Bertz CT molecular complexity index is 1710. The molecule has 0 heterocycles. The molecule has 20 nitrogen and oxygen atoms in total. The second kappa shape index (κ2) is 19.1. The monoisotopic (exact) mass is 798 g/mol. The van der Waals surface area contributed by atoms with Gasteiger partial charge in [0.1, 0.15) is 0 Å². The highest BCUT2D eigenvalue weighted by molar-refractivity contribution is 8.76. The predicted molar refractivity (Wildman–Crippen MR) is 178 cm³/mol. The van der Waals surface area contributed by atoms with Crippen molar-refractivity contribution in [3.8, 4) is 0 Å². The Morgan fingerprint density at radius 3 is 0.481 bits per heavy atom. The first-order valence-electron chi connectivity index (χ1n) is 14.2. The second-order valence-electron chi connectivity index (χ2n) is 9.49. The summed E-state index contributed by atoms with van der Waals surface area (Å²) in [4.78, 5) is 132. The normalized spacial score (nSPS) is 10.2. The molecule has 0 fully saturated rings. The highest BCUT2D eigenvalue weighted by atomic mass is 33.1. The number of hydrogen-bond acceptors (Lipinski definition) is 22. The second-order valence-corrected chi connectivity index (χ2v) is 11.6. The van der Waals surface area contributed by atoms with Crippen LogP contribution >= 0.6 is 21.6 Å². The van der Waals surface area contributed by atoms with Gasteiger partial charge in [-0.1, -0.05) is 21.6 Å². The van der Waals surface area contributed by atoms with E-state index in [4.69, 9.17) is 47.4 Å². The first-order chi connectivity index (χ1) is 25.6. The fourth-order valence-corrected chi connectivity index (χ4v) is 7.47. The van der Waals surface area contributed by atoms with Crippen LogP contribution in [-0.4, -0.2) is 131 Å².